The van der Waals surface area contributed by atoms with Gasteiger partial charge in [0, 0.05) is 19.5 Å². The zero-order chi connectivity index (χ0) is 15.6. The summed E-state index contributed by atoms with van der Waals surface area (Å²) in [4.78, 5) is 4.15. The highest BCUT2D eigenvalue weighted by atomic mass is 32.2. The van der Waals surface area contributed by atoms with E-state index in [1.165, 1.54) is 5.56 Å². The molecule has 2 aliphatic heterocycles. The Labute approximate surface area is 130 Å². The van der Waals surface area contributed by atoms with Gasteiger partial charge in [-0.05, 0) is 18.1 Å². The first-order valence-corrected chi connectivity index (χ1v) is 9.30. The number of fused-ring (bicyclic) bond motifs is 1. The Morgan fingerprint density at radius 3 is 2.91 bits per heavy atom. The van der Waals surface area contributed by atoms with Gasteiger partial charge in [-0.15, -0.1) is 0 Å². The van der Waals surface area contributed by atoms with Crippen molar-refractivity contribution >= 4 is 15.8 Å². The number of aliphatic imine (C=N–C) groups is 1. The molecule has 7 heteroatoms. The third kappa shape index (κ3) is 3.52. The van der Waals surface area contributed by atoms with Crippen LogP contribution in [0.25, 0.3) is 0 Å². The Balaban J connectivity index is 1.49. The molecule has 0 radical (unpaired) electrons. The number of nitrogens with zero attached hydrogens (tertiary/aromatic N) is 1. The summed E-state index contributed by atoms with van der Waals surface area (Å²) < 4.78 is 28.8. The molecule has 0 bridgehead atoms. The highest BCUT2D eigenvalue weighted by Gasteiger charge is 2.29. The lowest BCUT2D eigenvalue weighted by Crippen LogP contribution is -2.46. The van der Waals surface area contributed by atoms with E-state index in [2.05, 4.69) is 21.7 Å². The van der Waals surface area contributed by atoms with Crippen molar-refractivity contribution in [2.24, 2.45) is 4.99 Å². The van der Waals surface area contributed by atoms with Gasteiger partial charge in [-0.1, -0.05) is 18.2 Å². The fourth-order valence-electron chi connectivity index (χ4n) is 2.88. The molecule has 2 heterocycles. The second-order valence-electron chi connectivity index (χ2n) is 5.75. The molecule has 0 saturated carbocycles. The van der Waals surface area contributed by atoms with Crippen LogP contribution in [0.15, 0.2) is 29.3 Å². The predicted octanol–water partition coefficient (Wildman–Crippen LogP) is 0.342. The van der Waals surface area contributed by atoms with E-state index < -0.39 is 9.84 Å². The standard InChI is InChI=1S/C15H21N3O3S/c1-16-15(18-12-6-7-22(19,20)10-12)17-9-13-8-11-4-2-3-5-14(11)21-13/h2-5,12-13H,6-10H2,1H3,(H2,16,17,18). The van der Waals surface area contributed by atoms with Crippen LogP contribution < -0.4 is 15.4 Å². The molecule has 0 aromatic heterocycles. The van der Waals surface area contributed by atoms with Gasteiger partial charge >= 0.3 is 0 Å². The average molecular weight is 323 g/mol. The lowest BCUT2D eigenvalue weighted by Gasteiger charge is -2.18. The van der Waals surface area contributed by atoms with Gasteiger partial charge in [-0.25, -0.2) is 8.42 Å². The molecule has 1 aromatic carbocycles. The third-order valence-corrected chi connectivity index (χ3v) is 5.78. The number of benzene rings is 1. The minimum absolute atomic E-state index is 0.0575. The van der Waals surface area contributed by atoms with Crippen LogP contribution in [0, 0.1) is 0 Å². The summed E-state index contributed by atoms with van der Waals surface area (Å²) in [7, 11) is -1.20. The summed E-state index contributed by atoms with van der Waals surface area (Å²) in [6, 6.07) is 7.98. The molecular formula is C15H21N3O3S. The molecule has 6 nitrogen and oxygen atoms in total. The summed E-state index contributed by atoms with van der Waals surface area (Å²) in [6.07, 6.45) is 1.58. The van der Waals surface area contributed by atoms with E-state index in [9.17, 15) is 8.42 Å². The molecule has 1 saturated heterocycles. The zero-order valence-corrected chi connectivity index (χ0v) is 13.4. The summed E-state index contributed by atoms with van der Waals surface area (Å²) >= 11 is 0. The Kier molecular flexibility index (Phi) is 4.24. The van der Waals surface area contributed by atoms with Gasteiger partial charge in [0.15, 0.2) is 15.8 Å². The van der Waals surface area contributed by atoms with Gasteiger partial charge in [0.05, 0.1) is 18.1 Å². The normalized spacial score (nSPS) is 26.3. The number of ether oxygens (including phenoxy) is 1. The highest BCUT2D eigenvalue weighted by Crippen LogP contribution is 2.27. The maximum absolute atomic E-state index is 11.5. The molecule has 1 fully saturated rings. The van der Waals surface area contributed by atoms with Crippen molar-refractivity contribution in [2.45, 2.75) is 25.0 Å². The lowest BCUT2D eigenvalue weighted by atomic mass is 10.1. The molecule has 2 aliphatic rings. The molecule has 3 rings (SSSR count). The van der Waals surface area contributed by atoms with E-state index >= 15 is 0 Å². The number of hydrogen-bond donors (Lipinski definition) is 2. The molecule has 2 N–H and O–H groups in total. The Hall–Kier alpha value is -1.76. The highest BCUT2D eigenvalue weighted by molar-refractivity contribution is 7.91. The van der Waals surface area contributed by atoms with Gasteiger partial charge in [-0.2, -0.15) is 0 Å². The van der Waals surface area contributed by atoms with Crippen molar-refractivity contribution in [3.05, 3.63) is 29.8 Å². The molecule has 2 atom stereocenters. The van der Waals surface area contributed by atoms with Gasteiger partial charge in [0.2, 0.25) is 0 Å². The van der Waals surface area contributed by atoms with Crippen LogP contribution >= 0.6 is 0 Å². The fourth-order valence-corrected chi connectivity index (χ4v) is 4.55. The molecule has 0 amide bonds. The van der Waals surface area contributed by atoms with Crippen LogP contribution in [-0.2, 0) is 16.3 Å². The maximum atomic E-state index is 11.5. The number of nitrogens with one attached hydrogen (secondary N) is 2. The first kappa shape index (κ1) is 15.1. The molecule has 2 unspecified atom stereocenters. The molecule has 22 heavy (non-hydrogen) atoms. The maximum Gasteiger partial charge on any atom is 0.191 e. The Morgan fingerprint density at radius 2 is 2.23 bits per heavy atom. The Morgan fingerprint density at radius 1 is 1.41 bits per heavy atom. The zero-order valence-electron chi connectivity index (χ0n) is 12.6. The average Bonchev–Trinajstić information content (AvgIpc) is 3.05. The van der Waals surface area contributed by atoms with Crippen molar-refractivity contribution in [1.29, 1.82) is 0 Å². The molecule has 0 aliphatic carbocycles. The fraction of sp³-hybridized carbons (Fsp3) is 0.533. The molecule has 1 aromatic rings. The second-order valence-corrected chi connectivity index (χ2v) is 7.98. The van der Waals surface area contributed by atoms with Crippen molar-refractivity contribution in [2.75, 3.05) is 25.1 Å². The van der Waals surface area contributed by atoms with Crippen LogP contribution in [0.1, 0.15) is 12.0 Å². The van der Waals surface area contributed by atoms with Crippen molar-refractivity contribution in [3.63, 3.8) is 0 Å². The summed E-state index contributed by atoms with van der Waals surface area (Å²) in [5, 5.41) is 6.39. The van der Waals surface area contributed by atoms with E-state index in [1.54, 1.807) is 7.05 Å². The SMILES string of the molecule is CN=C(NCC1Cc2ccccc2O1)NC1CCS(=O)(=O)C1. The minimum Gasteiger partial charge on any atom is -0.488 e. The van der Waals surface area contributed by atoms with E-state index in [-0.39, 0.29) is 23.7 Å². The van der Waals surface area contributed by atoms with Gasteiger partial charge in [0.1, 0.15) is 11.9 Å². The quantitative estimate of drug-likeness (QED) is 0.619. The van der Waals surface area contributed by atoms with Gasteiger partial charge in [0.25, 0.3) is 0 Å². The lowest BCUT2D eigenvalue weighted by molar-refractivity contribution is 0.234. The monoisotopic (exact) mass is 323 g/mol. The number of sulfone groups is 1. The van der Waals surface area contributed by atoms with E-state index in [0.29, 0.717) is 18.9 Å². The predicted molar refractivity (Wildman–Crippen MR) is 86.1 cm³/mol. The minimum atomic E-state index is -2.89. The summed E-state index contributed by atoms with van der Waals surface area (Å²) in [5.74, 6) is 2.00. The largest absolute Gasteiger partial charge is 0.488 e. The topological polar surface area (TPSA) is 79.8 Å². The number of hydrogen-bond acceptors (Lipinski definition) is 4. The smallest absolute Gasteiger partial charge is 0.191 e. The number of guanidine groups is 1. The van der Waals surface area contributed by atoms with Crippen LogP contribution in [0.3, 0.4) is 0 Å². The second kappa shape index (κ2) is 6.16. The van der Waals surface area contributed by atoms with E-state index in [0.717, 1.165) is 12.2 Å². The third-order valence-electron chi connectivity index (χ3n) is 4.01. The number of para-hydroxylation sites is 1. The van der Waals surface area contributed by atoms with E-state index in [1.807, 2.05) is 18.2 Å². The first-order valence-electron chi connectivity index (χ1n) is 7.48. The van der Waals surface area contributed by atoms with Crippen molar-refractivity contribution in [3.8, 4) is 5.75 Å². The van der Waals surface area contributed by atoms with Crippen LogP contribution in [0.2, 0.25) is 0 Å². The van der Waals surface area contributed by atoms with Gasteiger partial charge < -0.3 is 15.4 Å². The molecule has 120 valence electrons. The van der Waals surface area contributed by atoms with Crippen molar-refractivity contribution < 1.29 is 13.2 Å². The summed E-state index contributed by atoms with van der Waals surface area (Å²) in [5.41, 5.74) is 1.22. The van der Waals surface area contributed by atoms with E-state index in [4.69, 9.17) is 4.74 Å². The molecular weight excluding hydrogens is 302 g/mol. The van der Waals surface area contributed by atoms with Crippen molar-refractivity contribution in [1.82, 2.24) is 10.6 Å². The first-order chi connectivity index (χ1) is 10.6. The van der Waals surface area contributed by atoms with Crippen LogP contribution in [-0.4, -0.2) is 51.6 Å². The van der Waals surface area contributed by atoms with Gasteiger partial charge in [-0.3, -0.25) is 4.99 Å². The summed E-state index contributed by atoms with van der Waals surface area (Å²) in [6.45, 7) is 0.633. The van der Waals surface area contributed by atoms with Crippen LogP contribution in [0.5, 0.6) is 5.75 Å². The number of rotatable bonds is 3. The Bertz CT molecular complexity index is 647. The van der Waals surface area contributed by atoms with Crippen LogP contribution in [0.4, 0.5) is 0 Å². The molecule has 0 spiro atoms.